The lowest BCUT2D eigenvalue weighted by Crippen LogP contribution is -1.93. The molecule has 0 aliphatic rings. The van der Waals surface area contributed by atoms with Crippen LogP contribution in [0.2, 0.25) is 0 Å². The van der Waals surface area contributed by atoms with Crippen LogP contribution in [0.1, 0.15) is 0 Å². The summed E-state index contributed by atoms with van der Waals surface area (Å²) < 4.78 is 16.6. The Balaban J connectivity index is 2.24. The minimum Gasteiger partial charge on any atom is -0.309 e. The van der Waals surface area contributed by atoms with Crippen molar-refractivity contribution in [2.45, 2.75) is 0 Å². The highest BCUT2D eigenvalue weighted by Gasteiger charge is 2.14. The quantitative estimate of drug-likeness (QED) is 0.420. The van der Waals surface area contributed by atoms with Gasteiger partial charge in [-0.1, -0.05) is 36.4 Å². The van der Waals surface area contributed by atoms with Gasteiger partial charge in [-0.05, 0) is 46.3 Å². The molecule has 0 aliphatic heterocycles. The van der Waals surface area contributed by atoms with E-state index < -0.39 is 0 Å². The molecule has 0 N–H and O–H groups in total. The van der Waals surface area contributed by atoms with Crippen LogP contribution >= 0.6 is 15.9 Å². The number of aromatic nitrogens is 1. The van der Waals surface area contributed by atoms with Crippen LogP contribution in [-0.4, -0.2) is 4.57 Å². The molecule has 0 bridgehead atoms. The molecule has 1 aromatic heterocycles. The number of nitrogens with zero attached hydrogens (tertiary/aromatic N) is 1. The van der Waals surface area contributed by atoms with Crippen molar-refractivity contribution >= 4 is 37.7 Å². The van der Waals surface area contributed by atoms with E-state index >= 15 is 0 Å². The van der Waals surface area contributed by atoms with Crippen LogP contribution in [0, 0.1) is 5.82 Å². The van der Waals surface area contributed by atoms with Gasteiger partial charge in [0.15, 0.2) is 0 Å². The summed E-state index contributed by atoms with van der Waals surface area (Å²) in [7, 11) is 0. The van der Waals surface area contributed by atoms with Crippen LogP contribution < -0.4 is 0 Å². The molecule has 0 radical (unpaired) electrons. The Morgan fingerprint density at radius 3 is 2.29 bits per heavy atom. The number of para-hydroxylation sites is 2. The van der Waals surface area contributed by atoms with Crippen LogP contribution in [0.15, 0.2) is 71.2 Å². The predicted octanol–water partition coefficient (Wildman–Crippen LogP) is 5.69. The standard InChI is InChI=1S/C18H11BrFN/c19-15-11-18-14(10-16(15)20)13-8-4-5-9-17(13)21(18)12-6-2-1-3-7-12/h1-11H. The van der Waals surface area contributed by atoms with E-state index in [0.29, 0.717) is 4.47 Å². The second-order valence-electron chi connectivity index (χ2n) is 4.97. The molecule has 0 spiro atoms. The van der Waals surface area contributed by atoms with Crippen LogP contribution in [0.4, 0.5) is 4.39 Å². The summed E-state index contributed by atoms with van der Waals surface area (Å²) in [6, 6.07) is 21.7. The highest BCUT2D eigenvalue weighted by molar-refractivity contribution is 9.10. The largest absolute Gasteiger partial charge is 0.309 e. The van der Waals surface area contributed by atoms with Crippen LogP contribution in [0.3, 0.4) is 0 Å². The lowest BCUT2D eigenvalue weighted by atomic mass is 10.1. The highest BCUT2D eigenvalue weighted by Crippen LogP contribution is 2.34. The summed E-state index contributed by atoms with van der Waals surface area (Å²) in [5.41, 5.74) is 3.15. The van der Waals surface area contributed by atoms with Crippen LogP contribution in [0.5, 0.6) is 0 Å². The van der Waals surface area contributed by atoms with Crippen molar-refractivity contribution in [3.05, 3.63) is 77.0 Å². The first-order valence-corrected chi connectivity index (χ1v) is 7.48. The fourth-order valence-electron chi connectivity index (χ4n) is 2.82. The summed E-state index contributed by atoms with van der Waals surface area (Å²) in [6.45, 7) is 0. The molecule has 21 heavy (non-hydrogen) atoms. The molecule has 0 amide bonds. The molecule has 4 aromatic rings. The van der Waals surface area contributed by atoms with Gasteiger partial charge < -0.3 is 4.57 Å². The number of fused-ring (bicyclic) bond motifs is 3. The number of halogens is 2. The van der Waals surface area contributed by atoms with Gasteiger partial charge in [0.1, 0.15) is 5.82 Å². The third-order valence-corrected chi connectivity index (χ3v) is 4.34. The maximum atomic E-state index is 13.9. The monoisotopic (exact) mass is 339 g/mol. The van der Waals surface area contributed by atoms with E-state index in [-0.39, 0.29) is 5.82 Å². The van der Waals surface area contributed by atoms with Crippen molar-refractivity contribution in [2.24, 2.45) is 0 Å². The van der Waals surface area contributed by atoms with Crippen molar-refractivity contribution in [2.75, 3.05) is 0 Å². The Hall–Kier alpha value is -2.13. The minimum absolute atomic E-state index is 0.238. The molecule has 0 atom stereocenters. The highest BCUT2D eigenvalue weighted by atomic mass is 79.9. The first kappa shape index (κ1) is 12.6. The van der Waals surface area contributed by atoms with Crippen molar-refractivity contribution in [3.8, 4) is 5.69 Å². The zero-order valence-corrected chi connectivity index (χ0v) is 12.6. The Morgan fingerprint density at radius 2 is 1.48 bits per heavy atom. The van der Waals surface area contributed by atoms with Crippen LogP contribution in [-0.2, 0) is 0 Å². The van der Waals surface area contributed by atoms with Gasteiger partial charge in [-0.25, -0.2) is 4.39 Å². The van der Waals surface area contributed by atoms with E-state index in [1.54, 1.807) is 6.07 Å². The first-order chi connectivity index (χ1) is 10.3. The third-order valence-electron chi connectivity index (χ3n) is 3.73. The molecule has 0 unspecified atom stereocenters. The maximum Gasteiger partial charge on any atom is 0.138 e. The van der Waals surface area contributed by atoms with Gasteiger partial charge in [-0.15, -0.1) is 0 Å². The molecule has 102 valence electrons. The molecule has 4 rings (SSSR count). The molecule has 1 heterocycles. The lowest BCUT2D eigenvalue weighted by molar-refractivity contribution is 0.623. The van der Waals surface area contributed by atoms with Crippen molar-refractivity contribution in [1.29, 1.82) is 0 Å². The fraction of sp³-hybridized carbons (Fsp3) is 0. The Kier molecular flexibility index (Phi) is 2.82. The SMILES string of the molecule is Fc1cc2c3ccccc3n(-c3ccccc3)c2cc1Br. The van der Waals surface area contributed by atoms with Crippen LogP contribution in [0.25, 0.3) is 27.5 Å². The molecule has 0 saturated heterocycles. The second-order valence-corrected chi connectivity index (χ2v) is 5.83. The van der Waals surface area contributed by atoms with Crippen molar-refractivity contribution in [3.63, 3.8) is 0 Å². The van der Waals surface area contributed by atoms with E-state index in [1.165, 1.54) is 0 Å². The summed E-state index contributed by atoms with van der Waals surface area (Å²) in [4.78, 5) is 0. The van der Waals surface area contributed by atoms with E-state index in [2.05, 4.69) is 38.7 Å². The van der Waals surface area contributed by atoms with Gasteiger partial charge in [0.25, 0.3) is 0 Å². The number of rotatable bonds is 1. The molecule has 0 fully saturated rings. The fourth-order valence-corrected chi connectivity index (χ4v) is 3.15. The maximum absolute atomic E-state index is 13.9. The van der Waals surface area contributed by atoms with E-state index in [0.717, 1.165) is 27.5 Å². The van der Waals surface area contributed by atoms with Gasteiger partial charge in [-0.2, -0.15) is 0 Å². The molecule has 3 aromatic carbocycles. The first-order valence-electron chi connectivity index (χ1n) is 6.69. The molecular weight excluding hydrogens is 329 g/mol. The molecular formula is C18H11BrFN. The molecule has 1 nitrogen and oxygen atoms in total. The van der Waals surface area contributed by atoms with Gasteiger partial charge in [0, 0.05) is 16.5 Å². The third kappa shape index (κ3) is 1.88. The normalized spacial score (nSPS) is 11.3. The minimum atomic E-state index is -0.238. The zero-order chi connectivity index (χ0) is 14.4. The van der Waals surface area contributed by atoms with Crippen molar-refractivity contribution in [1.82, 2.24) is 4.57 Å². The smallest absolute Gasteiger partial charge is 0.138 e. The summed E-state index contributed by atoms with van der Waals surface area (Å²) in [5, 5.41) is 1.98. The van der Waals surface area contributed by atoms with E-state index in [9.17, 15) is 4.39 Å². The van der Waals surface area contributed by atoms with E-state index in [4.69, 9.17) is 0 Å². The summed E-state index contributed by atoms with van der Waals surface area (Å²) in [5.74, 6) is -0.238. The predicted molar refractivity (Wildman–Crippen MR) is 88.4 cm³/mol. The van der Waals surface area contributed by atoms with Crippen molar-refractivity contribution < 1.29 is 4.39 Å². The Morgan fingerprint density at radius 1 is 0.762 bits per heavy atom. The van der Waals surface area contributed by atoms with Gasteiger partial charge >= 0.3 is 0 Å². The average Bonchev–Trinajstić information content (AvgIpc) is 2.82. The molecule has 3 heteroatoms. The number of benzene rings is 3. The number of hydrogen-bond donors (Lipinski definition) is 0. The Labute approximate surface area is 129 Å². The summed E-state index contributed by atoms with van der Waals surface area (Å²) in [6.07, 6.45) is 0. The summed E-state index contributed by atoms with van der Waals surface area (Å²) >= 11 is 3.29. The lowest BCUT2D eigenvalue weighted by Gasteiger charge is -2.07. The van der Waals surface area contributed by atoms with Gasteiger partial charge in [0.2, 0.25) is 0 Å². The topological polar surface area (TPSA) is 4.93 Å². The molecule has 0 aliphatic carbocycles. The second kappa shape index (κ2) is 4.71. The van der Waals surface area contributed by atoms with Gasteiger partial charge in [-0.3, -0.25) is 0 Å². The molecule has 0 saturated carbocycles. The van der Waals surface area contributed by atoms with E-state index in [1.807, 2.05) is 42.5 Å². The Bertz CT molecular complexity index is 957. The number of hydrogen-bond acceptors (Lipinski definition) is 0. The average molecular weight is 340 g/mol. The van der Waals surface area contributed by atoms with Gasteiger partial charge in [0.05, 0.1) is 15.5 Å². The zero-order valence-electron chi connectivity index (χ0n) is 11.1.